The summed E-state index contributed by atoms with van der Waals surface area (Å²) >= 11 is 0. The van der Waals surface area contributed by atoms with Crippen LogP contribution in [0, 0.1) is 22.7 Å². The first-order valence-electron chi connectivity index (χ1n) is 8.96. The van der Waals surface area contributed by atoms with Crippen molar-refractivity contribution >= 4 is 0 Å². The molecule has 0 amide bonds. The molecule has 0 saturated heterocycles. The van der Waals surface area contributed by atoms with E-state index in [0.717, 1.165) is 18.4 Å². The minimum atomic E-state index is 0.127. The zero-order valence-electron chi connectivity index (χ0n) is 14.7. The van der Waals surface area contributed by atoms with Gasteiger partial charge in [-0.25, -0.2) is 0 Å². The highest BCUT2D eigenvalue weighted by atomic mass is 16.3. The second-order valence-electron chi connectivity index (χ2n) is 8.40. The van der Waals surface area contributed by atoms with Gasteiger partial charge in [0.1, 0.15) is 11.5 Å². The number of allylic oxidation sites excluding steroid dienone is 1. The molecule has 2 nitrogen and oxygen atoms in total. The minimum absolute atomic E-state index is 0.127. The molecule has 2 saturated carbocycles. The lowest BCUT2D eigenvalue weighted by Crippen LogP contribution is -2.51. The largest absolute Gasteiger partial charge is 0.508 e. The smallest absolute Gasteiger partial charge is 0.119 e. The Hall–Kier alpha value is -1.44. The van der Waals surface area contributed by atoms with Crippen molar-refractivity contribution in [1.82, 2.24) is 0 Å². The second-order valence-corrected chi connectivity index (χ2v) is 8.40. The summed E-state index contributed by atoms with van der Waals surface area (Å²) in [6.07, 6.45) is 6.90. The van der Waals surface area contributed by atoms with Crippen LogP contribution in [0.2, 0.25) is 0 Å². The van der Waals surface area contributed by atoms with Gasteiger partial charge in [0, 0.05) is 0 Å². The van der Waals surface area contributed by atoms with E-state index < -0.39 is 0 Å². The third kappa shape index (κ3) is 2.56. The Morgan fingerprint density at radius 1 is 1.22 bits per heavy atom. The lowest BCUT2D eigenvalue weighted by atomic mass is 9.46. The molecular weight excluding hydrogens is 284 g/mol. The van der Waals surface area contributed by atoms with Gasteiger partial charge in [-0.15, -0.1) is 0 Å². The molecule has 126 valence electrons. The molecule has 2 N–H and O–H groups in total. The minimum Gasteiger partial charge on any atom is -0.508 e. The Labute approximate surface area is 140 Å². The van der Waals surface area contributed by atoms with Gasteiger partial charge in [0.05, 0.1) is 0 Å². The van der Waals surface area contributed by atoms with Gasteiger partial charge in [-0.05, 0) is 85.0 Å². The second kappa shape index (κ2) is 5.58. The lowest BCUT2D eigenvalue weighted by Gasteiger charge is -2.58. The average molecular weight is 314 g/mol. The van der Waals surface area contributed by atoms with Gasteiger partial charge in [0.15, 0.2) is 0 Å². The van der Waals surface area contributed by atoms with E-state index in [1.165, 1.54) is 31.3 Å². The van der Waals surface area contributed by atoms with Crippen molar-refractivity contribution in [2.24, 2.45) is 22.7 Å². The number of rotatable bonds is 2. The maximum Gasteiger partial charge on any atom is 0.119 e. The molecule has 2 aliphatic rings. The summed E-state index contributed by atoms with van der Waals surface area (Å²) < 4.78 is 0. The van der Waals surface area contributed by atoms with E-state index in [1.54, 1.807) is 18.2 Å². The SMILES string of the molecule is C=C1CCC[C@@H]2[C@@](C)(Cc3cc(O)ccc3O)[C@@H](C)CC[C@@]12C. The number of phenolic OH excluding ortho intramolecular Hbond substituents is 2. The molecule has 0 spiro atoms. The maximum atomic E-state index is 10.2. The van der Waals surface area contributed by atoms with Crippen molar-refractivity contribution in [2.75, 3.05) is 0 Å². The van der Waals surface area contributed by atoms with Crippen LogP contribution in [-0.4, -0.2) is 10.2 Å². The van der Waals surface area contributed by atoms with Crippen molar-refractivity contribution in [3.63, 3.8) is 0 Å². The predicted octanol–water partition coefficient (Wildman–Crippen LogP) is 5.44. The maximum absolute atomic E-state index is 10.2. The van der Waals surface area contributed by atoms with Crippen LogP contribution < -0.4 is 0 Å². The molecule has 4 atom stereocenters. The topological polar surface area (TPSA) is 40.5 Å². The number of phenols is 2. The van der Waals surface area contributed by atoms with Gasteiger partial charge in [-0.3, -0.25) is 0 Å². The van der Waals surface area contributed by atoms with Crippen LogP contribution in [0.4, 0.5) is 0 Å². The van der Waals surface area contributed by atoms with E-state index >= 15 is 0 Å². The Kier molecular flexibility index (Phi) is 3.98. The van der Waals surface area contributed by atoms with Gasteiger partial charge in [0.25, 0.3) is 0 Å². The van der Waals surface area contributed by atoms with E-state index in [-0.39, 0.29) is 16.6 Å². The highest BCUT2D eigenvalue weighted by Gasteiger charge is 2.53. The highest BCUT2D eigenvalue weighted by molar-refractivity contribution is 5.39. The number of fused-ring (bicyclic) bond motifs is 1. The number of benzene rings is 1. The zero-order valence-corrected chi connectivity index (χ0v) is 14.7. The fourth-order valence-electron chi connectivity index (χ4n) is 5.39. The molecule has 2 aliphatic carbocycles. The van der Waals surface area contributed by atoms with Crippen LogP contribution in [0.5, 0.6) is 11.5 Å². The van der Waals surface area contributed by atoms with Gasteiger partial charge >= 0.3 is 0 Å². The Bertz CT molecular complexity index is 620. The van der Waals surface area contributed by atoms with Crippen molar-refractivity contribution < 1.29 is 10.2 Å². The molecule has 2 heteroatoms. The lowest BCUT2D eigenvalue weighted by molar-refractivity contribution is -0.0491. The molecule has 23 heavy (non-hydrogen) atoms. The molecule has 1 aromatic rings. The summed E-state index contributed by atoms with van der Waals surface area (Å²) in [6, 6.07) is 4.90. The van der Waals surface area contributed by atoms with Crippen LogP contribution in [0.3, 0.4) is 0 Å². The third-order valence-electron chi connectivity index (χ3n) is 7.20. The first kappa shape index (κ1) is 16.4. The van der Waals surface area contributed by atoms with Gasteiger partial charge in [0.2, 0.25) is 0 Å². The van der Waals surface area contributed by atoms with Crippen LogP contribution in [0.1, 0.15) is 58.4 Å². The molecule has 0 heterocycles. The fourth-order valence-corrected chi connectivity index (χ4v) is 5.39. The summed E-state index contributed by atoms with van der Waals surface area (Å²) in [4.78, 5) is 0. The predicted molar refractivity (Wildman–Crippen MR) is 94.6 cm³/mol. The molecule has 1 aromatic carbocycles. The van der Waals surface area contributed by atoms with Crippen LogP contribution in [0.25, 0.3) is 0 Å². The molecular formula is C21H30O2. The molecule has 0 unspecified atom stereocenters. The quantitative estimate of drug-likeness (QED) is 0.564. The van der Waals surface area contributed by atoms with Gasteiger partial charge in [-0.2, -0.15) is 0 Å². The Balaban J connectivity index is 1.99. The normalized spacial score (nSPS) is 37.4. The first-order chi connectivity index (χ1) is 10.8. The third-order valence-corrected chi connectivity index (χ3v) is 7.20. The fraction of sp³-hybridized carbons (Fsp3) is 0.619. The van der Waals surface area contributed by atoms with Crippen molar-refractivity contribution in [3.8, 4) is 11.5 Å². The van der Waals surface area contributed by atoms with E-state index in [2.05, 4.69) is 27.4 Å². The van der Waals surface area contributed by atoms with Crippen LogP contribution in [0.15, 0.2) is 30.4 Å². The molecule has 0 aromatic heterocycles. The van der Waals surface area contributed by atoms with Crippen LogP contribution >= 0.6 is 0 Å². The van der Waals surface area contributed by atoms with E-state index in [1.807, 2.05) is 0 Å². The van der Waals surface area contributed by atoms with Crippen molar-refractivity contribution in [3.05, 3.63) is 35.9 Å². The number of hydrogen-bond donors (Lipinski definition) is 2. The van der Waals surface area contributed by atoms with Gasteiger partial charge in [-0.1, -0.05) is 32.9 Å². The Morgan fingerprint density at radius 3 is 2.70 bits per heavy atom. The zero-order chi connectivity index (χ0) is 16.8. The molecule has 0 bridgehead atoms. The summed E-state index contributed by atoms with van der Waals surface area (Å²) in [6.45, 7) is 11.6. The van der Waals surface area contributed by atoms with E-state index in [4.69, 9.17) is 0 Å². The van der Waals surface area contributed by atoms with Crippen molar-refractivity contribution in [2.45, 2.75) is 59.3 Å². The van der Waals surface area contributed by atoms with E-state index in [9.17, 15) is 10.2 Å². The summed E-state index contributed by atoms with van der Waals surface area (Å²) in [5.74, 6) is 1.74. The van der Waals surface area contributed by atoms with Crippen molar-refractivity contribution in [1.29, 1.82) is 0 Å². The van der Waals surface area contributed by atoms with Gasteiger partial charge < -0.3 is 10.2 Å². The summed E-state index contributed by atoms with van der Waals surface area (Å²) in [5.41, 5.74) is 2.65. The monoisotopic (exact) mass is 314 g/mol. The number of aromatic hydroxyl groups is 2. The molecule has 2 fully saturated rings. The van der Waals surface area contributed by atoms with Crippen LogP contribution in [-0.2, 0) is 6.42 Å². The average Bonchev–Trinajstić information content (AvgIpc) is 2.50. The number of hydrogen-bond acceptors (Lipinski definition) is 2. The standard InChI is InChI=1S/C21H30O2/c1-14-6-5-7-19-20(14,3)11-10-15(2)21(19,4)13-16-12-17(22)8-9-18(16)23/h8-9,12,15,19,22-23H,1,5-7,10-11,13H2,2-4H3/t15-,19-,20-,21-/m0/s1. The molecule has 0 radical (unpaired) electrons. The summed E-state index contributed by atoms with van der Waals surface area (Å²) in [7, 11) is 0. The molecule has 3 rings (SSSR count). The first-order valence-corrected chi connectivity index (χ1v) is 8.96. The van der Waals surface area contributed by atoms with E-state index in [0.29, 0.717) is 17.6 Å². The summed E-state index contributed by atoms with van der Waals surface area (Å²) in [5, 5.41) is 20.1. The molecule has 0 aliphatic heterocycles. The highest BCUT2D eigenvalue weighted by Crippen LogP contribution is 2.62. The Morgan fingerprint density at radius 2 is 1.96 bits per heavy atom.